The SMILES string of the molecule is CI.CN(C)CCC#CC[N+]1(C)CCCC1.[I-]. The van der Waals surface area contributed by atoms with Gasteiger partial charge >= 0.3 is 0 Å². The minimum absolute atomic E-state index is 0. The molecule has 1 aliphatic heterocycles. The third-order valence-corrected chi connectivity index (χ3v) is 2.92. The first-order valence-electron chi connectivity index (χ1n) is 5.94. The van der Waals surface area contributed by atoms with Gasteiger partial charge in [-0.2, -0.15) is 0 Å². The van der Waals surface area contributed by atoms with Crippen LogP contribution in [0.1, 0.15) is 19.3 Å². The van der Waals surface area contributed by atoms with Crippen molar-refractivity contribution in [1.29, 1.82) is 0 Å². The predicted octanol–water partition coefficient (Wildman–Crippen LogP) is -0.763. The van der Waals surface area contributed by atoms with Crippen molar-refractivity contribution in [3.05, 3.63) is 0 Å². The van der Waals surface area contributed by atoms with Gasteiger partial charge in [0.1, 0.15) is 6.54 Å². The van der Waals surface area contributed by atoms with E-state index < -0.39 is 0 Å². The summed E-state index contributed by atoms with van der Waals surface area (Å²) >= 11 is 2.15. The summed E-state index contributed by atoms with van der Waals surface area (Å²) in [4.78, 5) is 4.15. The molecule has 0 aliphatic carbocycles. The summed E-state index contributed by atoms with van der Waals surface area (Å²) in [5, 5.41) is 0. The molecule has 102 valence electrons. The van der Waals surface area contributed by atoms with Crippen LogP contribution >= 0.6 is 22.6 Å². The first-order chi connectivity index (χ1) is 7.62. The largest absolute Gasteiger partial charge is 1.00 e. The molecule has 1 fully saturated rings. The monoisotopic (exact) mass is 464 g/mol. The highest BCUT2D eigenvalue weighted by molar-refractivity contribution is 14.1. The average molecular weight is 464 g/mol. The molecule has 0 aromatic rings. The number of halogens is 2. The quantitative estimate of drug-likeness (QED) is 0.230. The lowest BCUT2D eigenvalue weighted by Crippen LogP contribution is -3.00. The Morgan fingerprint density at radius 2 is 1.65 bits per heavy atom. The van der Waals surface area contributed by atoms with Crippen molar-refractivity contribution < 1.29 is 28.5 Å². The summed E-state index contributed by atoms with van der Waals surface area (Å²) in [5.74, 6) is 6.58. The Kier molecular flexibility index (Phi) is 14.3. The number of hydrogen-bond donors (Lipinski definition) is 0. The number of nitrogens with zero attached hydrogens (tertiary/aromatic N) is 2. The van der Waals surface area contributed by atoms with Gasteiger partial charge in [0.2, 0.25) is 0 Å². The van der Waals surface area contributed by atoms with E-state index in [4.69, 9.17) is 0 Å². The zero-order chi connectivity index (χ0) is 12.4. The molecule has 0 N–H and O–H groups in total. The summed E-state index contributed by atoms with van der Waals surface area (Å²) in [6.45, 7) is 4.77. The molecule has 1 heterocycles. The molecular formula is C13H26I2N2. The van der Waals surface area contributed by atoms with Crippen LogP contribution in [0.2, 0.25) is 0 Å². The molecule has 17 heavy (non-hydrogen) atoms. The molecule has 1 saturated heterocycles. The molecule has 0 bridgehead atoms. The lowest BCUT2D eigenvalue weighted by Gasteiger charge is -2.26. The molecule has 0 amide bonds. The highest BCUT2D eigenvalue weighted by Crippen LogP contribution is 2.14. The van der Waals surface area contributed by atoms with Gasteiger partial charge < -0.3 is 33.4 Å². The van der Waals surface area contributed by atoms with Crippen molar-refractivity contribution in [3.8, 4) is 11.8 Å². The molecule has 2 nitrogen and oxygen atoms in total. The van der Waals surface area contributed by atoms with E-state index in [1.165, 1.54) is 30.4 Å². The number of likely N-dealkylation sites (tertiary alicyclic amines) is 1. The Hall–Kier alpha value is 0.940. The third-order valence-electron chi connectivity index (χ3n) is 2.92. The lowest BCUT2D eigenvalue weighted by atomic mass is 10.4. The number of hydrogen-bond acceptors (Lipinski definition) is 1. The van der Waals surface area contributed by atoms with Crippen LogP contribution in [0.4, 0.5) is 0 Å². The Morgan fingerprint density at radius 3 is 2.12 bits per heavy atom. The van der Waals surface area contributed by atoms with Gasteiger partial charge in [-0.1, -0.05) is 28.5 Å². The highest BCUT2D eigenvalue weighted by Gasteiger charge is 2.24. The van der Waals surface area contributed by atoms with Crippen LogP contribution in [-0.2, 0) is 0 Å². The van der Waals surface area contributed by atoms with E-state index in [2.05, 4.69) is 60.5 Å². The van der Waals surface area contributed by atoms with Gasteiger partial charge in [0.05, 0.1) is 20.1 Å². The van der Waals surface area contributed by atoms with Gasteiger partial charge in [-0.15, -0.1) is 0 Å². The Labute approximate surface area is 138 Å². The molecule has 0 unspecified atom stereocenters. The summed E-state index contributed by atoms with van der Waals surface area (Å²) in [6, 6.07) is 0. The van der Waals surface area contributed by atoms with Crippen LogP contribution in [-0.4, -0.2) is 61.6 Å². The molecule has 1 aliphatic rings. The molecular weight excluding hydrogens is 438 g/mol. The fourth-order valence-corrected chi connectivity index (χ4v) is 1.87. The first kappa shape index (κ1) is 20.3. The summed E-state index contributed by atoms with van der Waals surface area (Å²) in [6.07, 6.45) is 3.78. The zero-order valence-electron chi connectivity index (χ0n) is 11.6. The predicted molar refractivity (Wildman–Crippen MR) is 80.9 cm³/mol. The molecule has 1 rings (SSSR count). The van der Waals surface area contributed by atoms with E-state index in [9.17, 15) is 0 Å². The summed E-state index contributed by atoms with van der Waals surface area (Å²) in [7, 11) is 6.51. The van der Waals surface area contributed by atoms with Crippen molar-refractivity contribution in [3.63, 3.8) is 0 Å². The van der Waals surface area contributed by atoms with E-state index in [-0.39, 0.29) is 24.0 Å². The van der Waals surface area contributed by atoms with Crippen molar-refractivity contribution in [2.45, 2.75) is 19.3 Å². The standard InChI is InChI=1S/C12H23N2.CH3I.HI/c1-13(2)9-5-4-6-10-14(3)11-7-8-12-14;1-2;/h5,7-12H2,1-3H3;1H3;1H/q+1;;/p-1. The van der Waals surface area contributed by atoms with Gasteiger partial charge in [0.15, 0.2) is 0 Å². The fourth-order valence-electron chi connectivity index (χ4n) is 1.87. The minimum Gasteiger partial charge on any atom is -1.00 e. The van der Waals surface area contributed by atoms with Crippen molar-refractivity contribution in [2.24, 2.45) is 0 Å². The molecule has 0 aromatic carbocycles. The minimum atomic E-state index is 0. The highest BCUT2D eigenvalue weighted by atomic mass is 127. The topological polar surface area (TPSA) is 3.24 Å². The fraction of sp³-hybridized carbons (Fsp3) is 0.846. The van der Waals surface area contributed by atoms with E-state index in [1.807, 2.05) is 4.93 Å². The third kappa shape index (κ3) is 10.5. The van der Waals surface area contributed by atoms with Gasteiger partial charge in [0, 0.05) is 25.8 Å². The van der Waals surface area contributed by atoms with Gasteiger partial charge in [0.25, 0.3) is 0 Å². The second-order valence-corrected chi connectivity index (χ2v) is 4.84. The van der Waals surface area contributed by atoms with Gasteiger partial charge in [-0.05, 0) is 24.9 Å². The molecule has 0 atom stereocenters. The molecule has 4 heteroatoms. The lowest BCUT2D eigenvalue weighted by molar-refractivity contribution is -0.890. The molecule has 0 spiro atoms. The second-order valence-electron chi connectivity index (χ2n) is 4.84. The van der Waals surface area contributed by atoms with Crippen LogP contribution < -0.4 is 24.0 Å². The molecule has 0 radical (unpaired) electrons. The van der Waals surface area contributed by atoms with E-state index in [0.717, 1.165) is 19.5 Å². The Bertz CT molecular complexity index is 225. The normalized spacial score (nSPS) is 16.4. The van der Waals surface area contributed by atoms with Crippen LogP contribution in [0.15, 0.2) is 0 Å². The molecule has 0 aromatic heterocycles. The van der Waals surface area contributed by atoms with E-state index >= 15 is 0 Å². The van der Waals surface area contributed by atoms with Crippen molar-refractivity contribution in [2.75, 3.05) is 52.3 Å². The maximum Gasteiger partial charge on any atom is 0.140 e. The Balaban J connectivity index is 0. The maximum absolute atomic E-state index is 3.32. The molecule has 0 saturated carbocycles. The zero-order valence-corrected chi connectivity index (χ0v) is 15.9. The van der Waals surface area contributed by atoms with Crippen LogP contribution in [0, 0.1) is 11.8 Å². The van der Waals surface area contributed by atoms with Gasteiger partial charge in [-0.3, -0.25) is 0 Å². The second kappa shape index (κ2) is 12.0. The van der Waals surface area contributed by atoms with E-state index in [0.29, 0.717) is 0 Å². The average Bonchev–Trinajstić information content (AvgIpc) is 2.68. The van der Waals surface area contributed by atoms with Crippen LogP contribution in [0.25, 0.3) is 0 Å². The summed E-state index contributed by atoms with van der Waals surface area (Å²) < 4.78 is 1.18. The van der Waals surface area contributed by atoms with Crippen LogP contribution in [0.5, 0.6) is 0 Å². The first-order valence-corrected chi connectivity index (χ1v) is 8.10. The Morgan fingerprint density at radius 1 is 1.12 bits per heavy atom. The van der Waals surface area contributed by atoms with Gasteiger partial charge in [-0.25, -0.2) is 0 Å². The van der Waals surface area contributed by atoms with E-state index in [1.54, 1.807) is 0 Å². The summed E-state index contributed by atoms with van der Waals surface area (Å²) in [5.41, 5.74) is 0. The number of rotatable bonds is 3. The van der Waals surface area contributed by atoms with Crippen molar-refractivity contribution >= 4 is 22.6 Å². The smallest absolute Gasteiger partial charge is 0.140 e. The number of quaternary nitrogens is 1. The maximum atomic E-state index is 3.32. The van der Waals surface area contributed by atoms with Crippen LogP contribution in [0.3, 0.4) is 0 Å². The number of alkyl halides is 1. The van der Waals surface area contributed by atoms with Crippen molar-refractivity contribution in [1.82, 2.24) is 4.90 Å².